The van der Waals surface area contributed by atoms with E-state index in [0.29, 0.717) is 13.0 Å². The molecule has 3 amide bonds. The molecule has 7 nitrogen and oxygen atoms in total. The molecule has 0 heterocycles. The number of carbonyl (C=O) groups excluding carboxylic acids is 3. The van der Waals surface area contributed by atoms with Crippen LogP contribution in [0.25, 0.3) is 0 Å². The molecule has 1 aliphatic rings. The SMILES string of the molecule is CCCCCCN(C(=O)C(CC(C)C)NC(=O)OC(C)(C)C)C(C(=O)NC1CCCCC1)c1ccccc1. The summed E-state index contributed by atoms with van der Waals surface area (Å²) >= 11 is 0. The maximum Gasteiger partial charge on any atom is 0.408 e. The van der Waals surface area contributed by atoms with Crippen LogP contribution in [0.15, 0.2) is 30.3 Å². The Morgan fingerprint density at radius 2 is 1.66 bits per heavy atom. The molecule has 7 heteroatoms. The van der Waals surface area contributed by atoms with Crippen molar-refractivity contribution in [2.24, 2.45) is 5.92 Å². The predicted octanol–water partition coefficient (Wildman–Crippen LogP) is 6.52. The summed E-state index contributed by atoms with van der Waals surface area (Å²) in [4.78, 5) is 42.5. The summed E-state index contributed by atoms with van der Waals surface area (Å²) in [6, 6.07) is 8.13. The Morgan fingerprint density at radius 3 is 2.24 bits per heavy atom. The van der Waals surface area contributed by atoms with Crippen LogP contribution in [-0.2, 0) is 14.3 Å². The highest BCUT2D eigenvalue weighted by molar-refractivity contribution is 5.92. The average molecular weight is 530 g/mol. The monoisotopic (exact) mass is 529 g/mol. The smallest absolute Gasteiger partial charge is 0.408 e. The number of rotatable bonds is 13. The van der Waals surface area contributed by atoms with Crippen molar-refractivity contribution in [2.75, 3.05) is 6.54 Å². The number of carbonyl (C=O) groups is 3. The maximum atomic E-state index is 14.2. The molecular weight excluding hydrogens is 478 g/mol. The number of nitrogens with one attached hydrogen (secondary N) is 2. The van der Waals surface area contributed by atoms with Crippen LogP contribution in [0.5, 0.6) is 0 Å². The van der Waals surface area contributed by atoms with E-state index in [1.54, 1.807) is 25.7 Å². The minimum absolute atomic E-state index is 0.130. The fourth-order valence-electron chi connectivity index (χ4n) is 5.05. The average Bonchev–Trinajstić information content (AvgIpc) is 2.84. The Kier molecular flexibility index (Phi) is 13.1. The van der Waals surface area contributed by atoms with Crippen molar-refractivity contribution in [3.63, 3.8) is 0 Å². The summed E-state index contributed by atoms with van der Waals surface area (Å²) in [7, 11) is 0. The number of nitrogens with zero attached hydrogens (tertiary/aromatic N) is 1. The van der Waals surface area contributed by atoms with Crippen molar-refractivity contribution < 1.29 is 19.1 Å². The van der Waals surface area contributed by atoms with Gasteiger partial charge in [-0.25, -0.2) is 4.79 Å². The van der Waals surface area contributed by atoms with Crippen molar-refractivity contribution in [1.29, 1.82) is 0 Å². The molecule has 2 rings (SSSR count). The summed E-state index contributed by atoms with van der Waals surface area (Å²) < 4.78 is 5.49. The summed E-state index contributed by atoms with van der Waals surface area (Å²) in [5.74, 6) is -0.228. The highest BCUT2D eigenvalue weighted by Crippen LogP contribution is 2.26. The second kappa shape index (κ2) is 15.7. The largest absolute Gasteiger partial charge is 0.444 e. The summed E-state index contributed by atoms with van der Waals surface area (Å²) in [5, 5.41) is 6.09. The van der Waals surface area contributed by atoms with Gasteiger partial charge in [0, 0.05) is 12.6 Å². The molecule has 2 N–H and O–H groups in total. The minimum atomic E-state index is -0.787. The van der Waals surface area contributed by atoms with Gasteiger partial charge in [0.2, 0.25) is 11.8 Å². The number of benzene rings is 1. The lowest BCUT2D eigenvalue weighted by molar-refractivity contribution is -0.143. The number of amides is 3. The van der Waals surface area contributed by atoms with E-state index < -0.39 is 23.8 Å². The first-order chi connectivity index (χ1) is 18.0. The molecule has 38 heavy (non-hydrogen) atoms. The zero-order valence-electron chi connectivity index (χ0n) is 24.6. The van der Waals surface area contributed by atoms with E-state index >= 15 is 0 Å². The van der Waals surface area contributed by atoms with E-state index in [9.17, 15) is 14.4 Å². The molecular formula is C31H51N3O4. The molecule has 0 bridgehead atoms. The molecule has 1 aliphatic carbocycles. The fraction of sp³-hybridized carbons (Fsp3) is 0.710. The number of hydrogen-bond donors (Lipinski definition) is 2. The van der Waals surface area contributed by atoms with E-state index in [1.165, 1.54) is 6.42 Å². The van der Waals surface area contributed by atoms with Gasteiger partial charge in [-0.05, 0) is 57.9 Å². The lowest BCUT2D eigenvalue weighted by Gasteiger charge is -2.36. The van der Waals surface area contributed by atoms with Gasteiger partial charge in [0.05, 0.1) is 0 Å². The molecule has 1 fully saturated rings. The topological polar surface area (TPSA) is 87.7 Å². The standard InChI is InChI=1S/C31H51N3O4/c1-7-8-9-16-21-34(29(36)26(22-23(2)3)33-30(37)38-31(4,5)6)27(24-17-12-10-13-18-24)28(35)32-25-19-14-11-15-20-25/h10,12-13,17-18,23,25-27H,7-9,11,14-16,19-22H2,1-6H3,(H,32,35)(H,33,37). The van der Waals surface area contributed by atoms with Crippen molar-refractivity contribution in [3.8, 4) is 0 Å². The Hall–Kier alpha value is -2.57. The Balaban J connectivity index is 2.41. The number of hydrogen-bond acceptors (Lipinski definition) is 4. The first-order valence-electron chi connectivity index (χ1n) is 14.7. The van der Waals surface area contributed by atoms with Crippen molar-refractivity contribution in [3.05, 3.63) is 35.9 Å². The van der Waals surface area contributed by atoms with E-state index in [4.69, 9.17) is 4.74 Å². The van der Waals surface area contributed by atoms with E-state index in [2.05, 4.69) is 17.6 Å². The van der Waals surface area contributed by atoms with Gasteiger partial charge >= 0.3 is 6.09 Å². The van der Waals surface area contributed by atoms with E-state index in [0.717, 1.165) is 56.9 Å². The molecule has 2 unspecified atom stereocenters. The molecule has 1 aromatic carbocycles. The Bertz CT molecular complexity index is 860. The zero-order chi connectivity index (χ0) is 28.1. The second-order valence-corrected chi connectivity index (χ2v) is 12.1. The van der Waals surface area contributed by atoms with Crippen molar-refractivity contribution >= 4 is 17.9 Å². The van der Waals surface area contributed by atoms with Crippen LogP contribution in [0.1, 0.15) is 117 Å². The lowest BCUT2D eigenvalue weighted by atomic mass is 9.94. The summed E-state index contributed by atoms with van der Waals surface area (Å²) in [5.41, 5.74) is 0.104. The van der Waals surface area contributed by atoms with Crippen LogP contribution in [0, 0.1) is 5.92 Å². The summed E-state index contributed by atoms with van der Waals surface area (Å²) in [6.07, 6.45) is 9.09. The molecule has 1 aromatic rings. The van der Waals surface area contributed by atoms with Gasteiger partial charge < -0.3 is 20.3 Å². The van der Waals surface area contributed by atoms with Crippen molar-refractivity contribution in [1.82, 2.24) is 15.5 Å². The number of unbranched alkanes of at least 4 members (excludes halogenated alkanes) is 3. The molecule has 0 spiro atoms. The van der Waals surface area contributed by atoms with Crippen LogP contribution >= 0.6 is 0 Å². The van der Waals surface area contributed by atoms with E-state index in [1.807, 2.05) is 44.2 Å². The highest BCUT2D eigenvalue weighted by Gasteiger charge is 2.37. The zero-order valence-corrected chi connectivity index (χ0v) is 24.6. The van der Waals surface area contributed by atoms with Crippen LogP contribution in [0.4, 0.5) is 4.79 Å². The third kappa shape index (κ3) is 11.0. The van der Waals surface area contributed by atoms with Crippen LogP contribution < -0.4 is 10.6 Å². The normalized spacial score (nSPS) is 16.0. The molecule has 214 valence electrons. The van der Waals surface area contributed by atoms with Crippen LogP contribution in [0.2, 0.25) is 0 Å². The van der Waals surface area contributed by atoms with Gasteiger partial charge in [0.15, 0.2) is 0 Å². The van der Waals surface area contributed by atoms with Crippen LogP contribution in [-0.4, -0.2) is 47.0 Å². The maximum absolute atomic E-state index is 14.2. The Labute approximate surface area is 230 Å². The fourth-order valence-corrected chi connectivity index (χ4v) is 5.05. The molecule has 0 saturated heterocycles. The Morgan fingerprint density at radius 1 is 1.00 bits per heavy atom. The van der Waals surface area contributed by atoms with Crippen molar-refractivity contribution in [2.45, 2.75) is 129 Å². The third-order valence-electron chi connectivity index (χ3n) is 6.86. The van der Waals surface area contributed by atoms with Gasteiger partial charge in [0.1, 0.15) is 17.7 Å². The predicted molar refractivity (Wildman–Crippen MR) is 153 cm³/mol. The minimum Gasteiger partial charge on any atom is -0.444 e. The first-order valence-corrected chi connectivity index (χ1v) is 14.7. The molecule has 0 aromatic heterocycles. The number of alkyl carbamates (subject to hydrolysis) is 1. The third-order valence-corrected chi connectivity index (χ3v) is 6.86. The molecule has 2 atom stereocenters. The second-order valence-electron chi connectivity index (χ2n) is 12.1. The molecule has 0 radical (unpaired) electrons. The van der Waals surface area contributed by atoms with Gasteiger partial charge in [-0.3, -0.25) is 9.59 Å². The number of ether oxygens (including phenoxy) is 1. The van der Waals surface area contributed by atoms with Gasteiger partial charge in [0.25, 0.3) is 0 Å². The van der Waals surface area contributed by atoms with E-state index in [-0.39, 0.29) is 23.8 Å². The van der Waals surface area contributed by atoms with Gasteiger partial charge in [-0.1, -0.05) is 89.6 Å². The summed E-state index contributed by atoms with van der Waals surface area (Å²) in [6.45, 7) is 12.0. The lowest BCUT2D eigenvalue weighted by Crippen LogP contribution is -2.54. The van der Waals surface area contributed by atoms with Gasteiger partial charge in [-0.2, -0.15) is 0 Å². The van der Waals surface area contributed by atoms with Crippen LogP contribution in [0.3, 0.4) is 0 Å². The quantitative estimate of drug-likeness (QED) is 0.285. The first kappa shape index (κ1) is 31.6. The molecule has 0 aliphatic heterocycles. The van der Waals surface area contributed by atoms with Gasteiger partial charge in [-0.15, -0.1) is 0 Å². The highest BCUT2D eigenvalue weighted by atomic mass is 16.6. The molecule has 1 saturated carbocycles.